The van der Waals surface area contributed by atoms with Gasteiger partial charge in [-0.05, 0) is 51.0 Å². The zero-order valence-corrected chi connectivity index (χ0v) is 11.6. The van der Waals surface area contributed by atoms with Crippen molar-refractivity contribution in [1.82, 2.24) is 4.57 Å². The van der Waals surface area contributed by atoms with Gasteiger partial charge in [0.25, 0.3) is 0 Å². The summed E-state index contributed by atoms with van der Waals surface area (Å²) in [7, 11) is 2.07. The molecule has 0 saturated carbocycles. The molecule has 0 aliphatic carbocycles. The fourth-order valence-electron chi connectivity index (χ4n) is 2.31. The minimum absolute atomic E-state index is 0.172. The van der Waals surface area contributed by atoms with Crippen LogP contribution in [0.15, 0.2) is 24.4 Å². The predicted molar refractivity (Wildman–Crippen MR) is 76.0 cm³/mol. The number of fused-ring (bicyclic) bond motifs is 1. The third-order valence-electron chi connectivity index (χ3n) is 2.96. The van der Waals surface area contributed by atoms with Gasteiger partial charge in [0.2, 0.25) is 0 Å². The summed E-state index contributed by atoms with van der Waals surface area (Å²) in [4.78, 5) is 0. The second-order valence-corrected chi connectivity index (χ2v) is 5.29. The molecule has 2 aromatic rings. The predicted octanol–water partition coefficient (Wildman–Crippen LogP) is 2.86. The Morgan fingerprint density at radius 1 is 1.28 bits per heavy atom. The fourth-order valence-corrected chi connectivity index (χ4v) is 2.31. The van der Waals surface area contributed by atoms with Crippen LogP contribution in [-0.2, 0) is 13.5 Å². The van der Waals surface area contributed by atoms with E-state index in [9.17, 15) is 0 Å². The zero-order valence-electron chi connectivity index (χ0n) is 11.6. The SMILES string of the molecule is CC(N)Cc1cn(C)c2ccc(OC(C)C)cc12. The van der Waals surface area contributed by atoms with Gasteiger partial charge in [-0.15, -0.1) is 0 Å². The Balaban J connectivity index is 2.45. The fraction of sp³-hybridized carbons (Fsp3) is 0.467. The standard InChI is InChI=1S/C15H22N2O/c1-10(2)18-13-5-6-15-14(8-13)12(7-11(3)16)9-17(15)4/h5-6,8-11H,7,16H2,1-4H3. The molecule has 2 N–H and O–H groups in total. The van der Waals surface area contributed by atoms with Crippen molar-refractivity contribution in [3.8, 4) is 5.75 Å². The highest BCUT2D eigenvalue weighted by Gasteiger charge is 2.10. The second kappa shape index (κ2) is 5.02. The van der Waals surface area contributed by atoms with E-state index < -0.39 is 0 Å². The van der Waals surface area contributed by atoms with E-state index in [2.05, 4.69) is 29.9 Å². The topological polar surface area (TPSA) is 40.2 Å². The molecule has 3 heteroatoms. The Labute approximate surface area is 109 Å². The summed E-state index contributed by atoms with van der Waals surface area (Å²) in [5.41, 5.74) is 8.42. The van der Waals surface area contributed by atoms with Crippen molar-refractivity contribution in [2.75, 3.05) is 0 Å². The molecule has 0 amide bonds. The first-order valence-electron chi connectivity index (χ1n) is 6.47. The minimum atomic E-state index is 0.172. The summed E-state index contributed by atoms with van der Waals surface area (Å²) in [5, 5.41) is 1.24. The van der Waals surface area contributed by atoms with Crippen LogP contribution in [0.2, 0.25) is 0 Å². The number of aryl methyl sites for hydroxylation is 1. The van der Waals surface area contributed by atoms with Crippen LogP contribution in [0.4, 0.5) is 0 Å². The molecular weight excluding hydrogens is 224 g/mol. The molecule has 2 rings (SSSR count). The largest absolute Gasteiger partial charge is 0.491 e. The van der Waals surface area contributed by atoms with Crippen LogP contribution in [-0.4, -0.2) is 16.7 Å². The van der Waals surface area contributed by atoms with Gasteiger partial charge in [0, 0.05) is 30.2 Å². The first-order chi connectivity index (χ1) is 8.47. The second-order valence-electron chi connectivity index (χ2n) is 5.29. The average Bonchev–Trinajstić information content (AvgIpc) is 2.54. The van der Waals surface area contributed by atoms with Crippen molar-refractivity contribution >= 4 is 10.9 Å². The summed E-state index contributed by atoms with van der Waals surface area (Å²) >= 11 is 0. The van der Waals surface area contributed by atoms with Crippen molar-refractivity contribution in [3.05, 3.63) is 30.0 Å². The molecule has 0 spiro atoms. The van der Waals surface area contributed by atoms with Crippen molar-refractivity contribution in [1.29, 1.82) is 0 Å². The lowest BCUT2D eigenvalue weighted by Crippen LogP contribution is -2.17. The average molecular weight is 246 g/mol. The molecule has 98 valence electrons. The molecule has 0 fully saturated rings. The number of aromatic nitrogens is 1. The van der Waals surface area contributed by atoms with Gasteiger partial charge >= 0.3 is 0 Å². The van der Waals surface area contributed by atoms with Crippen LogP contribution < -0.4 is 10.5 Å². The van der Waals surface area contributed by atoms with Crippen LogP contribution in [0.5, 0.6) is 5.75 Å². The molecule has 1 atom stereocenters. The van der Waals surface area contributed by atoms with E-state index in [1.165, 1.54) is 16.5 Å². The minimum Gasteiger partial charge on any atom is -0.491 e. The number of hydrogen-bond donors (Lipinski definition) is 1. The van der Waals surface area contributed by atoms with Gasteiger partial charge in [-0.2, -0.15) is 0 Å². The molecule has 0 aliphatic heterocycles. The maximum Gasteiger partial charge on any atom is 0.120 e. The molecule has 0 aliphatic rings. The molecule has 0 bridgehead atoms. The number of nitrogens with zero attached hydrogens (tertiary/aromatic N) is 1. The number of nitrogens with two attached hydrogens (primary N) is 1. The van der Waals surface area contributed by atoms with Crippen molar-refractivity contribution in [2.45, 2.75) is 39.3 Å². The molecular formula is C15H22N2O. The normalized spacial score (nSPS) is 13.2. The molecule has 18 heavy (non-hydrogen) atoms. The lowest BCUT2D eigenvalue weighted by Gasteiger charge is -2.10. The highest BCUT2D eigenvalue weighted by atomic mass is 16.5. The van der Waals surface area contributed by atoms with E-state index in [1.54, 1.807) is 0 Å². The van der Waals surface area contributed by atoms with Crippen molar-refractivity contribution in [2.24, 2.45) is 12.8 Å². The summed E-state index contributed by atoms with van der Waals surface area (Å²) in [6, 6.07) is 6.42. The first-order valence-corrected chi connectivity index (χ1v) is 6.47. The molecule has 1 aromatic heterocycles. The number of benzene rings is 1. The Morgan fingerprint density at radius 3 is 2.61 bits per heavy atom. The van der Waals surface area contributed by atoms with Crippen LogP contribution >= 0.6 is 0 Å². The number of ether oxygens (including phenoxy) is 1. The zero-order chi connectivity index (χ0) is 13.3. The molecule has 1 aromatic carbocycles. The first kappa shape index (κ1) is 13.0. The third-order valence-corrected chi connectivity index (χ3v) is 2.96. The highest BCUT2D eigenvalue weighted by molar-refractivity contribution is 5.85. The molecule has 1 unspecified atom stereocenters. The Bertz CT molecular complexity index is 541. The van der Waals surface area contributed by atoms with Crippen LogP contribution in [0, 0.1) is 0 Å². The summed E-state index contributed by atoms with van der Waals surface area (Å²) in [6.07, 6.45) is 3.25. The summed E-state index contributed by atoms with van der Waals surface area (Å²) in [6.45, 7) is 6.11. The Kier molecular flexibility index (Phi) is 3.62. The van der Waals surface area contributed by atoms with E-state index in [1.807, 2.05) is 26.8 Å². The van der Waals surface area contributed by atoms with Gasteiger partial charge in [-0.25, -0.2) is 0 Å². The maximum atomic E-state index is 5.90. The van der Waals surface area contributed by atoms with E-state index >= 15 is 0 Å². The monoisotopic (exact) mass is 246 g/mol. The van der Waals surface area contributed by atoms with Crippen molar-refractivity contribution in [3.63, 3.8) is 0 Å². The molecule has 0 saturated heterocycles. The lowest BCUT2D eigenvalue weighted by atomic mass is 10.1. The van der Waals surface area contributed by atoms with Gasteiger partial charge in [-0.3, -0.25) is 0 Å². The van der Waals surface area contributed by atoms with Crippen molar-refractivity contribution < 1.29 is 4.74 Å². The van der Waals surface area contributed by atoms with Gasteiger partial charge < -0.3 is 15.0 Å². The van der Waals surface area contributed by atoms with E-state index in [0.717, 1.165) is 12.2 Å². The molecule has 1 heterocycles. The molecule has 0 radical (unpaired) electrons. The van der Waals surface area contributed by atoms with E-state index in [0.29, 0.717) is 0 Å². The van der Waals surface area contributed by atoms with Gasteiger partial charge in [0.05, 0.1) is 6.10 Å². The number of hydrogen-bond acceptors (Lipinski definition) is 2. The maximum absolute atomic E-state index is 5.90. The lowest BCUT2D eigenvalue weighted by molar-refractivity contribution is 0.243. The Morgan fingerprint density at radius 2 is 2.00 bits per heavy atom. The van der Waals surface area contributed by atoms with Gasteiger partial charge in [0.15, 0.2) is 0 Å². The summed E-state index contributed by atoms with van der Waals surface area (Å²) < 4.78 is 7.90. The molecule has 3 nitrogen and oxygen atoms in total. The van der Waals surface area contributed by atoms with Crippen LogP contribution in [0.1, 0.15) is 26.3 Å². The summed E-state index contributed by atoms with van der Waals surface area (Å²) in [5.74, 6) is 0.926. The van der Waals surface area contributed by atoms with Gasteiger partial charge in [-0.1, -0.05) is 0 Å². The number of rotatable bonds is 4. The highest BCUT2D eigenvalue weighted by Crippen LogP contribution is 2.26. The third kappa shape index (κ3) is 2.67. The smallest absolute Gasteiger partial charge is 0.120 e. The van der Waals surface area contributed by atoms with E-state index in [-0.39, 0.29) is 12.1 Å². The quantitative estimate of drug-likeness (QED) is 0.901. The van der Waals surface area contributed by atoms with Crippen LogP contribution in [0.3, 0.4) is 0 Å². The van der Waals surface area contributed by atoms with Gasteiger partial charge in [0.1, 0.15) is 5.75 Å². The van der Waals surface area contributed by atoms with E-state index in [4.69, 9.17) is 10.5 Å². The Hall–Kier alpha value is -1.48. The van der Waals surface area contributed by atoms with Crippen LogP contribution in [0.25, 0.3) is 10.9 Å².